The number of H-pyrrole nitrogens is 1. The summed E-state index contributed by atoms with van der Waals surface area (Å²) in [4.78, 5) is 8.03. The van der Waals surface area contributed by atoms with Gasteiger partial charge in [0.05, 0.1) is 30.3 Å². The maximum Gasteiger partial charge on any atom is 0.181 e. The summed E-state index contributed by atoms with van der Waals surface area (Å²) in [5.41, 5.74) is 4.52. The summed E-state index contributed by atoms with van der Waals surface area (Å²) >= 11 is 0. The van der Waals surface area contributed by atoms with Crippen molar-refractivity contribution in [2.75, 3.05) is 7.11 Å². The van der Waals surface area contributed by atoms with Gasteiger partial charge in [-0.15, -0.1) is 0 Å². The van der Waals surface area contributed by atoms with E-state index in [1.165, 1.54) is 0 Å². The van der Waals surface area contributed by atoms with Gasteiger partial charge < -0.3 is 9.72 Å². The van der Waals surface area contributed by atoms with Gasteiger partial charge >= 0.3 is 0 Å². The molecule has 0 spiro atoms. The van der Waals surface area contributed by atoms with Gasteiger partial charge in [-0.3, -0.25) is 4.68 Å². The van der Waals surface area contributed by atoms with E-state index in [4.69, 9.17) is 9.72 Å². The highest BCUT2D eigenvalue weighted by atomic mass is 16.5. The van der Waals surface area contributed by atoms with E-state index in [9.17, 15) is 0 Å². The molecule has 3 aromatic heterocycles. The summed E-state index contributed by atoms with van der Waals surface area (Å²) in [7, 11) is 3.54. The summed E-state index contributed by atoms with van der Waals surface area (Å²) in [6.07, 6.45) is 3.72. The van der Waals surface area contributed by atoms with Gasteiger partial charge in [-0.1, -0.05) is 0 Å². The second-order valence-corrected chi connectivity index (χ2v) is 5.38. The summed E-state index contributed by atoms with van der Waals surface area (Å²) in [6.45, 7) is 1.97. The van der Waals surface area contributed by atoms with Crippen molar-refractivity contribution in [3.05, 3.63) is 42.4 Å². The highest BCUT2D eigenvalue weighted by Gasteiger charge is 2.15. The molecule has 1 aromatic carbocycles. The molecule has 0 saturated carbocycles. The molecule has 7 nitrogen and oxygen atoms in total. The molecular weight excluding hydrogens is 292 g/mol. The molecule has 0 bridgehead atoms. The molecule has 1 N–H and O–H groups in total. The first kappa shape index (κ1) is 13.6. The van der Waals surface area contributed by atoms with E-state index < -0.39 is 0 Å². The van der Waals surface area contributed by atoms with Crippen LogP contribution in [0.25, 0.3) is 28.2 Å². The molecule has 0 radical (unpaired) electrons. The number of aromatic nitrogens is 6. The van der Waals surface area contributed by atoms with Gasteiger partial charge in [0, 0.05) is 13.2 Å². The third-order valence-electron chi connectivity index (χ3n) is 3.79. The van der Waals surface area contributed by atoms with Gasteiger partial charge in [0.1, 0.15) is 17.1 Å². The van der Waals surface area contributed by atoms with Crippen molar-refractivity contribution in [1.82, 2.24) is 29.5 Å². The Morgan fingerprint density at radius 3 is 2.61 bits per heavy atom. The van der Waals surface area contributed by atoms with Crippen LogP contribution in [0, 0.1) is 6.92 Å². The summed E-state index contributed by atoms with van der Waals surface area (Å²) < 4.78 is 8.79. The zero-order valence-electron chi connectivity index (χ0n) is 13.1. The van der Waals surface area contributed by atoms with Crippen LogP contribution in [0.2, 0.25) is 0 Å². The van der Waals surface area contributed by atoms with Gasteiger partial charge in [0.15, 0.2) is 5.65 Å². The van der Waals surface area contributed by atoms with Gasteiger partial charge in [0.25, 0.3) is 0 Å². The fourth-order valence-electron chi connectivity index (χ4n) is 2.60. The molecule has 23 heavy (non-hydrogen) atoms. The Morgan fingerprint density at radius 2 is 1.96 bits per heavy atom. The van der Waals surface area contributed by atoms with E-state index in [2.05, 4.69) is 15.2 Å². The summed E-state index contributed by atoms with van der Waals surface area (Å²) in [5, 5.41) is 8.77. The molecule has 0 atom stereocenters. The van der Waals surface area contributed by atoms with Crippen molar-refractivity contribution < 1.29 is 4.74 Å². The van der Waals surface area contributed by atoms with Crippen LogP contribution in [0.3, 0.4) is 0 Å². The molecule has 0 fully saturated rings. The lowest BCUT2D eigenvalue weighted by Crippen LogP contribution is -1.97. The fourth-order valence-corrected chi connectivity index (χ4v) is 2.60. The van der Waals surface area contributed by atoms with E-state index in [-0.39, 0.29) is 0 Å². The van der Waals surface area contributed by atoms with Crippen LogP contribution in [0.15, 0.2) is 36.7 Å². The highest BCUT2D eigenvalue weighted by molar-refractivity contribution is 5.80. The lowest BCUT2D eigenvalue weighted by Gasteiger charge is -2.03. The van der Waals surface area contributed by atoms with E-state index in [1.54, 1.807) is 18.0 Å². The quantitative estimate of drug-likeness (QED) is 0.631. The van der Waals surface area contributed by atoms with Gasteiger partial charge in [-0.05, 0) is 31.2 Å². The normalized spacial score (nSPS) is 11.3. The number of nitrogens with one attached hydrogen (secondary N) is 1. The summed E-state index contributed by atoms with van der Waals surface area (Å²) in [6, 6.07) is 7.74. The third-order valence-corrected chi connectivity index (χ3v) is 3.79. The number of hydrogen-bond donors (Lipinski definition) is 1. The minimum atomic E-state index is 0.788. The number of hydrogen-bond acceptors (Lipinski definition) is 4. The lowest BCUT2D eigenvalue weighted by atomic mass is 10.3. The molecule has 0 aliphatic heterocycles. The lowest BCUT2D eigenvalue weighted by molar-refractivity contribution is 0.414. The molecule has 4 rings (SSSR count). The Kier molecular flexibility index (Phi) is 2.94. The topological polar surface area (TPSA) is 73.6 Å². The number of nitrogens with zero attached hydrogens (tertiary/aromatic N) is 5. The Morgan fingerprint density at radius 1 is 1.17 bits per heavy atom. The minimum Gasteiger partial charge on any atom is -0.497 e. The van der Waals surface area contributed by atoms with Gasteiger partial charge in [-0.25, -0.2) is 9.67 Å². The van der Waals surface area contributed by atoms with Crippen molar-refractivity contribution in [1.29, 1.82) is 0 Å². The Labute approximate surface area is 132 Å². The molecule has 0 unspecified atom stereocenters. The molecule has 0 aliphatic carbocycles. The second kappa shape index (κ2) is 4.98. The van der Waals surface area contributed by atoms with Crippen LogP contribution in [0.4, 0.5) is 0 Å². The second-order valence-electron chi connectivity index (χ2n) is 5.38. The average Bonchev–Trinajstić information content (AvgIpc) is 3.24. The maximum atomic E-state index is 5.20. The third kappa shape index (κ3) is 2.17. The zero-order valence-corrected chi connectivity index (χ0v) is 13.1. The van der Waals surface area contributed by atoms with Crippen molar-refractivity contribution in [3.63, 3.8) is 0 Å². The van der Waals surface area contributed by atoms with Crippen LogP contribution in [0.1, 0.15) is 5.69 Å². The van der Waals surface area contributed by atoms with E-state index >= 15 is 0 Å². The monoisotopic (exact) mass is 308 g/mol. The number of fused-ring (bicyclic) bond motifs is 1. The highest BCUT2D eigenvalue weighted by Crippen LogP contribution is 2.25. The number of methoxy groups -OCH3 is 1. The number of aryl methyl sites for hydroxylation is 2. The largest absolute Gasteiger partial charge is 0.497 e. The average molecular weight is 308 g/mol. The number of imidazole rings is 1. The van der Waals surface area contributed by atoms with Crippen molar-refractivity contribution in [2.24, 2.45) is 7.05 Å². The molecule has 4 aromatic rings. The molecule has 0 aliphatic rings. The predicted molar refractivity (Wildman–Crippen MR) is 86.7 cm³/mol. The molecule has 7 heteroatoms. The van der Waals surface area contributed by atoms with E-state index in [0.29, 0.717) is 0 Å². The number of benzene rings is 1. The Bertz CT molecular complexity index is 976. The Balaban J connectivity index is 1.85. The predicted octanol–water partition coefficient (Wildman–Crippen LogP) is 2.47. The first-order valence-corrected chi connectivity index (χ1v) is 7.24. The van der Waals surface area contributed by atoms with Gasteiger partial charge in [0.2, 0.25) is 0 Å². The number of aromatic amines is 1. The van der Waals surface area contributed by atoms with E-state index in [0.717, 1.165) is 39.7 Å². The first-order valence-electron chi connectivity index (χ1n) is 7.24. The molecular formula is C16H16N6O. The molecule has 3 heterocycles. The van der Waals surface area contributed by atoms with Crippen molar-refractivity contribution in [2.45, 2.75) is 6.92 Å². The van der Waals surface area contributed by atoms with Crippen LogP contribution < -0.4 is 4.74 Å². The van der Waals surface area contributed by atoms with Crippen molar-refractivity contribution in [3.8, 4) is 22.8 Å². The first-order chi connectivity index (χ1) is 11.2. The molecule has 116 valence electrons. The standard InChI is InChI=1S/C16H16N6O/c1-10-14-16(19-15(18-14)11-8-17-21(2)9-11)22(20-10)12-4-6-13(23-3)7-5-12/h4-9H,1-3H3,(H,18,19). The fraction of sp³-hybridized carbons (Fsp3) is 0.188. The number of rotatable bonds is 3. The molecule has 0 saturated heterocycles. The van der Waals surface area contributed by atoms with Crippen molar-refractivity contribution >= 4 is 11.2 Å². The van der Waals surface area contributed by atoms with Crippen LogP contribution in [-0.4, -0.2) is 36.6 Å². The maximum absolute atomic E-state index is 5.20. The van der Waals surface area contributed by atoms with Crippen LogP contribution in [0.5, 0.6) is 5.75 Å². The molecule has 0 amide bonds. The van der Waals surface area contributed by atoms with Gasteiger partial charge in [-0.2, -0.15) is 10.2 Å². The summed E-state index contributed by atoms with van der Waals surface area (Å²) in [5.74, 6) is 1.60. The Hall–Kier alpha value is -3.09. The number of ether oxygens (including phenoxy) is 1. The zero-order chi connectivity index (χ0) is 16.0. The SMILES string of the molecule is COc1ccc(-n2nc(C)c3[nH]c(-c4cnn(C)c4)nc32)cc1. The van der Waals surface area contributed by atoms with Crippen LogP contribution >= 0.6 is 0 Å². The smallest absolute Gasteiger partial charge is 0.181 e. The van der Waals surface area contributed by atoms with E-state index in [1.807, 2.05) is 49.1 Å². The van der Waals surface area contributed by atoms with Crippen LogP contribution in [-0.2, 0) is 7.05 Å². The minimum absolute atomic E-state index is 0.788.